The molecular weight excluding hydrogens is 292 g/mol. The fourth-order valence-corrected chi connectivity index (χ4v) is 2.10. The average molecular weight is 308 g/mol. The zero-order valence-corrected chi connectivity index (χ0v) is 12.7. The van der Waals surface area contributed by atoms with Gasteiger partial charge in [0.2, 0.25) is 5.88 Å². The van der Waals surface area contributed by atoms with Crippen molar-refractivity contribution >= 4 is 11.8 Å². The van der Waals surface area contributed by atoms with Gasteiger partial charge < -0.3 is 9.26 Å². The molecule has 0 saturated carbocycles. The standard InChI is InChI=1S/C18H16N2O3/c1-13-7-9-15(10-8-13)22-12-17(21)20-18-16(11-19-23-18)14-5-3-2-4-6-14/h2-11H,12H2,1H3,(H,20,21). The number of rotatable bonds is 5. The van der Waals surface area contributed by atoms with Gasteiger partial charge in [-0.15, -0.1) is 0 Å². The zero-order chi connectivity index (χ0) is 16.1. The van der Waals surface area contributed by atoms with Gasteiger partial charge in [0.15, 0.2) is 6.61 Å². The van der Waals surface area contributed by atoms with Gasteiger partial charge in [-0.1, -0.05) is 53.2 Å². The molecule has 1 heterocycles. The largest absolute Gasteiger partial charge is 0.484 e. The molecule has 0 unspecified atom stereocenters. The number of carbonyl (C=O) groups excluding carboxylic acids is 1. The topological polar surface area (TPSA) is 64.4 Å². The van der Waals surface area contributed by atoms with Crippen LogP contribution in [0.2, 0.25) is 0 Å². The molecule has 116 valence electrons. The number of amides is 1. The smallest absolute Gasteiger partial charge is 0.264 e. The quantitative estimate of drug-likeness (QED) is 0.781. The van der Waals surface area contributed by atoms with Crippen molar-refractivity contribution in [2.45, 2.75) is 6.92 Å². The first-order valence-corrected chi connectivity index (χ1v) is 7.22. The molecule has 3 aromatic rings. The van der Waals surface area contributed by atoms with Crippen molar-refractivity contribution in [3.8, 4) is 16.9 Å². The third-order valence-electron chi connectivity index (χ3n) is 3.30. The number of benzene rings is 2. The highest BCUT2D eigenvalue weighted by Gasteiger charge is 2.13. The summed E-state index contributed by atoms with van der Waals surface area (Å²) < 4.78 is 10.6. The third kappa shape index (κ3) is 3.77. The molecule has 0 spiro atoms. The highest BCUT2D eigenvalue weighted by atomic mass is 16.5. The Labute approximate surface area is 133 Å². The second kappa shape index (κ2) is 6.79. The summed E-state index contributed by atoms with van der Waals surface area (Å²) in [6.07, 6.45) is 1.58. The maximum atomic E-state index is 12.0. The Balaban J connectivity index is 1.63. The summed E-state index contributed by atoms with van der Waals surface area (Å²) in [5.41, 5.74) is 2.79. The Morgan fingerprint density at radius 2 is 1.87 bits per heavy atom. The van der Waals surface area contributed by atoms with E-state index in [1.54, 1.807) is 6.20 Å². The Morgan fingerprint density at radius 3 is 2.61 bits per heavy atom. The number of nitrogens with zero attached hydrogens (tertiary/aromatic N) is 1. The Hall–Kier alpha value is -3.08. The van der Waals surface area contributed by atoms with Crippen LogP contribution in [0.4, 0.5) is 5.88 Å². The van der Waals surface area contributed by atoms with Gasteiger partial charge in [-0.05, 0) is 24.6 Å². The molecule has 0 aliphatic heterocycles. The third-order valence-corrected chi connectivity index (χ3v) is 3.30. The van der Waals surface area contributed by atoms with Crippen LogP contribution in [0.5, 0.6) is 5.75 Å². The summed E-state index contributed by atoms with van der Waals surface area (Å²) in [5, 5.41) is 6.43. The van der Waals surface area contributed by atoms with E-state index in [1.165, 1.54) is 0 Å². The van der Waals surface area contributed by atoms with Crippen molar-refractivity contribution in [1.82, 2.24) is 5.16 Å². The van der Waals surface area contributed by atoms with Gasteiger partial charge >= 0.3 is 0 Å². The van der Waals surface area contributed by atoms with E-state index in [4.69, 9.17) is 9.26 Å². The van der Waals surface area contributed by atoms with Crippen molar-refractivity contribution in [1.29, 1.82) is 0 Å². The van der Waals surface area contributed by atoms with E-state index in [0.29, 0.717) is 11.6 Å². The number of aromatic nitrogens is 1. The minimum Gasteiger partial charge on any atom is -0.484 e. The Morgan fingerprint density at radius 1 is 1.13 bits per heavy atom. The summed E-state index contributed by atoms with van der Waals surface area (Å²) in [6, 6.07) is 17.1. The van der Waals surface area contributed by atoms with Gasteiger partial charge in [-0.25, -0.2) is 0 Å². The normalized spacial score (nSPS) is 10.3. The SMILES string of the molecule is Cc1ccc(OCC(=O)Nc2oncc2-c2ccccc2)cc1. The minimum absolute atomic E-state index is 0.0992. The van der Waals surface area contributed by atoms with Gasteiger partial charge in [0.1, 0.15) is 5.75 Å². The highest BCUT2D eigenvalue weighted by Crippen LogP contribution is 2.27. The molecule has 1 aromatic heterocycles. The van der Waals surface area contributed by atoms with E-state index in [-0.39, 0.29) is 12.5 Å². The molecule has 0 radical (unpaired) electrons. The molecule has 0 atom stereocenters. The number of hydrogen-bond acceptors (Lipinski definition) is 4. The molecule has 2 aromatic carbocycles. The lowest BCUT2D eigenvalue weighted by molar-refractivity contribution is -0.118. The van der Waals surface area contributed by atoms with Crippen LogP contribution >= 0.6 is 0 Å². The van der Waals surface area contributed by atoms with Gasteiger partial charge in [0.25, 0.3) is 5.91 Å². The van der Waals surface area contributed by atoms with E-state index in [9.17, 15) is 4.79 Å². The van der Waals surface area contributed by atoms with Crippen molar-refractivity contribution in [3.05, 3.63) is 66.4 Å². The lowest BCUT2D eigenvalue weighted by Gasteiger charge is -2.07. The first-order valence-electron chi connectivity index (χ1n) is 7.22. The first kappa shape index (κ1) is 14.8. The number of aryl methyl sites for hydroxylation is 1. The number of hydrogen-bond donors (Lipinski definition) is 1. The summed E-state index contributed by atoms with van der Waals surface area (Å²) in [6.45, 7) is 1.89. The molecule has 3 rings (SSSR count). The van der Waals surface area contributed by atoms with E-state index in [2.05, 4.69) is 10.5 Å². The van der Waals surface area contributed by atoms with Crippen LogP contribution in [-0.4, -0.2) is 17.7 Å². The van der Waals surface area contributed by atoms with Crippen molar-refractivity contribution in [3.63, 3.8) is 0 Å². The molecule has 1 N–H and O–H groups in total. The van der Waals surface area contributed by atoms with Crippen molar-refractivity contribution in [2.24, 2.45) is 0 Å². The molecule has 23 heavy (non-hydrogen) atoms. The van der Waals surface area contributed by atoms with Crippen molar-refractivity contribution < 1.29 is 14.1 Å². The first-order chi connectivity index (χ1) is 11.2. The molecule has 0 saturated heterocycles. The maximum absolute atomic E-state index is 12.0. The summed E-state index contributed by atoms with van der Waals surface area (Å²) in [5.74, 6) is 0.653. The molecule has 5 nitrogen and oxygen atoms in total. The number of anilines is 1. The highest BCUT2D eigenvalue weighted by molar-refractivity contribution is 5.94. The van der Waals surface area contributed by atoms with Crippen LogP contribution in [0.15, 0.2) is 65.3 Å². The van der Waals surface area contributed by atoms with Crippen LogP contribution in [0.1, 0.15) is 5.56 Å². The van der Waals surface area contributed by atoms with Crippen molar-refractivity contribution in [2.75, 3.05) is 11.9 Å². The monoisotopic (exact) mass is 308 g/mol. The zero-order valence-electron chi connectivity index (χ0n) is 12.7. The summed E-state index contributed by atoms with van der Waals surface area (Å²) in [4.78, 5) is 12.0. The molecule has 0 fully saturated rings. The van der Waals surface area contributed by atoms with Gasteiger partial charge in [-0.2, -0.15) is 0 Å². The number of carbonyl (C=O) groups is 1. The second-order valence-corrected chi connectivity index (χ2v) is 5.08. The molecule has 1 amide bonds. The van der Waals surface area contributed by atoms with E-state index in [1.807, 2.05) is 61.5 Å². The van der Waals surface area contributed by atoms with E-state index >= 15 is 0 Å². The second-order valence-electron chi connectivity index (χ2n) is 5.08. The van der Waals surface area contributed by atoms with Crippen LogP contribution in [-0.2, 0) is 4.79 Å². The Bertz CT molecular complexity index is 780. The molecule has 0 aliphatic carbocycles. The molecular formula is C18H16N2O3. The van der Waals surface area contributed by atoms with Gasteiger partial charge in [0.05, 0.1) is 11.8 Å². The predicted octanol–water partition coefficient (Wildman–Crippen LogP) is 3.67. The predicted molar refractivity (Wildman–Crippen MR) is 87.2 cm³/mol. The maximum Gasteiger partial charge on any atom is 0.264 e. The molecule has 0 aliphatic rings. The summed E-state index contributed by atoms with van der Waals surface area (Å²) >= 11 is 0. The fraction of sp³-hybridized carbons (Fsp3) is 0.111. The van der Waals surface area contributed by atoms with Crippen LogP contribution in [0, 0.1) is 6.92 Å². The molecule has 0 bridgehead atoms. The van der Waals surface area contributed by atoms with Gasteiger partial charge in [0, 0.05) is 0 Å². The van der Waals surface area contributed by atoms with E-state index < -0.39 is 0 Å². The minimum atomic E-state index is -0.306. The van der Waals surface area contributed by atoms with Gasteiger partial charge in [-0.3, -0.25) is 10.1 Å². The molecule has 5 heteroatoms. The number of ether oxygens (including phenoxy) is 1. The summed E-state index contributed by atoms with van der Waals surface area (Å²) in [7, 11) is 0. The van der Waals surface area contributed by atoms with E-state index in [0.717, 1.165) is 16.7 Å². The number of nitrogens with one attached hydrogen (secondary N) is 1. The Kier molecular flexibility index (Phi) is 4.38. The van der Waals surface area contributed by atoms with Crippen LogP contribution < -0.4 is 10.1 Å². The fourth-order valence-electron chi connectivity index (χ4n) is 2.10. The lowest BCUT2D eigenvalue weighted by Crippen LogP contribution is -2.20. The lowest BCUT2D eigenvalue weighted by atomic mass is 10.1. The average Bonchev–Trinajstić information content (AvgIpc) is 3.03. The van der Waals surface area contributed by atoms with Crippen LogP contribution in [0.25, 0.3) is 11.1 Å². The van der Waals surface area contributed by atoms with Crippen LogP contribution in [0.3, 0.4) is 0 Å².